The van der Waals surface area contributed by atoms with Crippen LogP contribution in [0.1, 0.15) is 67.6 Å². The van der Waals surface area contributed by atoms with Crippen LogP contribution in [0.2, 0.25) is 0 Å². The van der Waals surface area contributed by atoms with E-state index >= 15 is 0 Å². The molecule has 0 amide bonds. The van der Waals surface area contributed by atoms with Gasteiger partial charge < -0.3 is 19.3 Å². The summed E-state index contributed by atoms with van der Waals surface area (Å²) in [6.07, 6.45) is 0.722. The molecule has 6 heteroatoms. The van der Waals surface area contributed by atoms with Crippen LogP contribution in [0, 0.1) is 0 Å². The molecule has 0 atom stereocenters. The molecule has 6 nitrogen and oxygen atoms in total. The van der Waals surface area contributed by atoms with Crippen molar-refractivity contribution in [3.8, 4) is 0 Å². The second-order valence-electron chi connectivity index (χ2n) is 9.68. The highest BCUT2D eigenvalue weighted by Crippen LogP contribution is 2.34. The van der Waals surface area contributed by atoms with Gasteiger partial charge in [0.05, 0.1) is 12.2 Å². The first-order valence-corrected chi connectivity index (χ1v) is 14.4. The number of anilines is 2. The number of rotatable bonds is 14. The Balaban J connectivity index is 0.00000108. The Kier molecular flexibility index (Phi) is 14.4. The van der Waals surface area contributed by atoms with Crippen molar-refractivity contribution in [1.29, 1.82) is 0 Å². The summed E-state index contributed by atoms with van der Waals surface area (Å²) in [5.41, 5.74) is 7.15. The zero-order valence-corrected chi connectivity index (χ0v) is 25.6. The summed E-state index contributed by atoms with van der Waals surface area (Å²) in [6, 6.07) is 25.5. The van der Waals surface area contributed by atoms with Crippen LogP contribution in [0.15, 0.2) is 84.9 Å². The minimum Gasteiger partial charge on any atom is -0.460 e. The number of nitrogens with zero attached hydrogens (tertiary/aromatic N) is 2. The van der Waals surface area contributed by atoms with Gasteiger partial charge in [0.1, 0.15) is 12.9 Å². The van der Waals surface area contributed by atoms with Crippen LogP contribution >= 0.6 is 0 Å². The highest BCUT2D eigenvalue weighted by atomic mass is 16.6. The van der Waals surface area contributed by atoms with Crippen molar-refractivity contribution >= 4 is 23.6 Å². The molecule has 3 rings (SSSR count). The Hall–Kier alpha value is -3.90. The van der Waals surface area contributed by atoms with Crippen molar-refractivity contribution in [2.24, 2.45) is 0 Å². The number of allylic oxidation sites excluding steroid dienone is 1. The van der Waals surface area contributed by atoms with Gasteiger partial charge in [-0.15, -0.1) is 0 Å². The number of hydrogen-bond donors (Lipinski definition) is 0. The van der Waals surface area contributed by atoms with E-state index in [0.717, 1.165) is 38.0 Å². The summed E-state index contributed by atoms with van der Waals surface area (Å²) >= 11 is 0. The van der Waals surface area contributed by atoms with E-state index in [1.54, 1.807) is 14.0 Å². The van der Waals surface area contributed by atoms with E-state index < -0.39 is 0 Å². The molecule has 0 bridgehead atoms. The SMILES string of the molecule is C=C(C)C=O.CCN(CC)c1ccc(C(c2ccc(C(=O)OCCOC)cc2)c2ccc(N(CC)CC)cc2)cc1. The minimum absolute atomic E-state index is 0.0556. The molecule has 41 heavy (non-hydrogen) atoms. The average molecular weight is 559 g/mol. The van der Waals surface area contributed by atoms with Gasteiger partial charge >= 0.3 is 5.97 Å². The van der Waals surface area contributed by atoms with Gasteiger partial charge in [0.25, 0.3) is 0 Å². The number of carbonyl (C=O) groups is 2. The summed E-state index contributed by atoms with van der Waals surface area (Å²) in [5, 5.41) is 0. The average Bonchev–Trinajstić information content (AvgIpc) is 3.00. The van der Waals surface area contributed by atoms with E-state index in [2.05, 4.69) is 92.6 Å². The number of carbonyl (C=O) groups excluding carboxylic acids is 2. The number of ether oxygens (including phenoxy) is 2. The highest BCUT2D eigenvalue weighted by molar-refractivity contribution is 5.89. The lowest BCUT2D eigenvalue weighted by Gasteiger charge is -2.25. The number of esters is 1. The molecular weight excluding hydrogens is 512 g/mol. The molecule has 0 radical (unpaired) electrons. The molecule has 0 fully saturated rings. The zero-order valence-electron chi connectivity index (χ0n) is 25.6. The monoisotopic (exact) mass is 558 g/mol. The standard InChI is InChI=1S/C31H40N2O3.C4H6O/c1-6-32(7-2)28-18-14-25(15-19-28)30(26-16-20-29(21-17-26)33(8-3)9-4)24-10-12-27(13-11-24)31(34)36-23-22-35-5;1-4(2)3-5/h10-21,30H,6-9,22-23H2,1-5H3;3H,1H2,2H3. The van der Waals surface area contributed by atoms with Crippen LogP contribution in [0.25, 0.3) is 0 Å². The van der Waals surface area contributed by atoms with Crippen LogP contribution in [-0.4, -0.2) is 58.8 Å². The number of aldehydes is 1. The summed E-state index contributed by atoms with van der Waals surface area (Å²) in [4.78, 5) is 26.5. The molecule has 3 aromatic carbocycles. The highest BCUT2D eigenvalue weighted by Gasteiger charge is 2.19. The van der Waals surface area contributed by atoms with Gasteiger partial charge in [-0.2, -0.15) is 0 Å². The third-order valence-electron chi connectivity index (χ3n) is 6.91. The lowest BCUT2D eigenvalue weighted by Crippen LogP contribution is -2.21. The van der Waals surface area contributed by atoms with Crippen LogP contribution in [0.4, 0.5) is 11.4 Å². The predicted octanol–water partition coefficient (Wildman–Crippen LogP) is 7.12. The topological polar surface area (TPSA) is 59.1 Å². The first-order valence-electron chi connectivity index (χ1n) is 14.4. The second kappa shape index (κ2) is 17.7. The van der Waals surface area contributed by atoms with Crippen LogP contribution < -0.4 is 9.80 Å². The first-order chi connectivity index (χ1) is 19.8. The van der Waals surface area contributed by atoms with E-state index in [0.29, 0.717) is 17.7 Å². The number of benzene rings is 3. The maximum atomic E-state index is 12.4. The Morgan fingerprint density at radius 2 is 1.10 bits per heavy atom. The van der Waals surface area contributed by atoms with E-state index in [4.69, 9.17) is 9.47 Å². The maximum absolute atomic E-state index is 12.4. The Morgan fingerprint density at radius 1 is 0.732 bits per heavy atom. The molecule has 0 saturated carbocycles. The quantitative estimate of drug-likeness (QED) is 0.0690. The summed E-state index contributed by atoms with van der Waals surface area (Å²) in [6.45, 7) is 18.2. The van der Waals surface area contributed by atoms with Gasteiger partial charge in [-0.3, -0.25) is 4.79 Å². The molecule has 0 unspecified atom stereocenters. The van der Waals surface area contributed by atoms with E-state index in [1.165, 1.54) is 22.5 Å². The van der Waals surface area contributed by atoms with Crippen molar-refractivity contribution in [2.45, 2.75) is 40.5 Å². The van der Waals surface area contributed by atoms with Crippen molar-refractivity contribution in [2.75, 3.05) is 56.3 Å². The van der Waals surface area contributed by atoms with Crippen LogP contribution in [-0.2, 0) is 14.3 Å². The molecule has 0 aliphatic carbocycles. The third kappa shape index (κ3) is 9.90. The van der Waals surface area contributed by atoms with E-state index in [-0.39, 0.29) is 18.5 Å². The van der Waals surface area contributed by atoms with Crippen molar-refractivity contribution < 1.29 is 19.1 Å². The molecule has 0 spiro atoms. The lowest BCUT2D eigenvalue weighted by molar-refractivity contribution is -0.104. The normalized spacial score (nSPS) is 10.4. The minimum atomic E-state index is -0.331. The fourth-order valence-corrected chi connectivity index (χ4v) is 4.62. The fraction of sp³-hybridized carbons (Fsp3) is 0.371. The Labute approximate surface area is 246 Å². The number of methoxy groups -OCH3 is 1. The zero-order chi connectivity index (χ0) is 30.2. The van der Waals surface area contributed by atoms with Gasteiger partial charge in [-0.05, 0) is 93.3 Å². The Morgan fingerprint density at radius 3 is 1.41 bits per heavy atom. The molecule has 3 aromatic rings. The smallest absolute Gasteiger partial charge is 0.338 e. The molecular formula is C35H46N2O4. The van der Waals surface area contributed by atoms with Crippen LogP contribution in [0.3, 0.4) is 0 Å². The molecule has 0 aliphatic rings. The van der Waals surface area contributed by atoms with Crippen LogP contribution in [0.5, 0.6) is 0 Å². The largest absolute Gasteiger partial charge is 0.460 e. The predicted molar refractivity (Wildman–Crippen MR) is 170 cm³/mol. The van der Waals surface area contributed by atoms with Gasteiger partial charge in [-0.25, -0.2) is 4.79 Å². The number of hydrogen-bond acceptors (Lipinski definition) is 6. The van der Waals surface area contributed by atoms with Gasteiger partial charge in [0, 0.05) is 50.6 Å². The maximum Gasteiger partial charge on any atom is 0.338 e. The van der Waals surface area contributed by atoms with Gasteiger partial charge in [0.2, 0.25) is 0 Å². The van der Waals surface area contributed by atoms with Gasteiger partial charge in [-0.1, -0.05) is 43.0 Å². The first kappa shape index (κ1) is 33.3. The van der Waals surface area contributed by atoms with E-state index in [1.807, 2.05) is 24.3 Å². The van der Waals surface area contributed by atoms with Crippen molar-refractivity contribution in [3.05, 3.63) is 107 Å². The fourth-order valence-electron chi connectivity index (χ4n) is 4.62. The molecule has 0 N–H and O–H groups in total. The molecule has 0 heterocycles. The van der Waals surface area contributed by atoms with E-state index in [9.17, 15) is 9.59 Å². The third-order valence-corrected chi connectivity index (χ3v) is 6.91. The van der Waals surface area contributed by atoms with Crippen molar-refractivity contribution in [3.63, 3.8) is 0 Å². The van der Waals surface area contributed by atoms with Crippen molar-refractivity contribution in [1.82, 2.24) is 0 Å². The lowest BCUT2D eigenvalue weighted by atomic mass is 9.84. The molecule has 0 aromatic heterocycles. The summed E-state index contributed by atoms with van der Waals surface area (Å²) in [5.74, 6) is -0.276. The molecule has 0 aliphatic heterocycles. The Bertz CT molecular complexity index is 1140. The van der Waals surface area contributed by atoms with Gasteiger partial charge in [0.15, 0.2) is 0 Å². The molecule has 220 valence electrons. The second-order valence-corrected chi connectivity index (χ2v) is 9.68. The molecule has 0 saturated heterocycles. The summed E-state index contributed by atoms with van der Waals surface area (Å²) in [7, 11) is 1.59. The summed E-state index contributed by atoms with van der Waals surface area (Å²) < 4.78 is 10.2.